The quantitative estimate of drug-likeness (QED) is 0.853. The molecule has 2 unspecified atom stereocenters. The van der Waals surface area contributed by atoms with Crippen molar-refractivity contribution in [2.75, 3.05) is 14.1 Å². The van der Waals surface area contributed by atoms with Crippen LogP contribution in [0.15, 0.2) is 36.8 Å². The van der Waals surface area contributed by atoms with Crippen molar-refractivity contribution in [2.45, 2.75) is 63.5 Å². The smallest absolute Gasteiger partial charge is 0.228 e. The van der Waals surface area contributed by atoms with Crippen LogP contribution in [0, 0.1) is 10.8 Å². The molecule has 29 heavy (non-hydrogen) atoms. The molecule has 4 aliphatic rings. The van der Waals surface area contributed by atoms with Gasteiger partial charge in [-0.05, 0) is 55.9 Å². The Morgan fingerprint density at radius 2 is 1.97 bits per heavy atom. The summed E-state index contributed by atoms with van der Waals surface area (Å²) in [5, 5.41) is 11.5. The van der Waals surface area contributed by atoms with E-state index in [2.05, 4.69) is 33.8 Å². The summed E-state index contributed by atoms with van der Waals surface area (Å²) in [6, 6.07) is 8.64. The van der Waals surface area contributed by atoms with Crippen molar-refractivity contribution in [3.05, 3.63) is 42.4 Å². The van der Waals surface area contributed by atoms with Crippen LogP contribution >= 0.6 is 0 Å². The number of nitrogens with zero attached hydrogens (tertiary/aromatic N) is 3. The SMILES string of the molecule is CN(C)C(=O)C12CCCC(C(O)CC3c4ccccc4-c4cncn43)(CC1)CC2. The molecule has 2 atom stereocenters. The number of carbonyl (C=O) groups is 1. The van der Waals surface area contributed by atoms with E-state index in [1.165, 1.54) is 11.1 Å². The summed E-state index contributed by atoms with van der Waals surface area (Å²) in [6.45, 7) is 0. The van der Waals surface area contributed by atoms with Crippen molar-refractivity contribution >= 4 is 5.91 Å². The number of fused-ring (bicyclic) bond motifs is 7. The Kier molecular flexibility index (Phi) is 4.35. The molecule has 3 fully saturated rings. The van der Waals surface area contributed by atoms with Crippen molar-refractivity contribution < 1.29 is 9.90 Å². The Morgan fingerprint density at radius 3 is 2.72 bits per heavy atom. The topological polar surface area (TPSA) is 58.4 Å². The number of hydrogen-bond acceptors (Lipinski definition) is 3. The molecule has 1 aliphatic heterocycles. The van der Waals surface area contributed by atoms with Gasteiger partial charge in [0.15, 0.2) is 0 Å². The number of hydrogen-bond donors (Lipinski definition) is 1. The second-order valence-electron chi connectivity index (χ2n) is 9.74. The summed E-state index contributed by atoms with van der Waals surface area (Å²) >= 11 is 0. The summed E-state index contributed by atoms with van der Waals surface area (Å²) in [7, 11) is 3.75. The van der Waals surface area contributed by atoms with Crippen LogP contribution in [0.5, 0.6) is 0 Å². The number of carbonyl (C=O) groups excluding carboxylic acids is 1. The highest BCUT2D eigenvalue weighted by atomic mass is 16.3. The van der Waals surface area contributed by atoms with Crippen LogP contribution in [0.4, 0.5) is 0 Å². The summed E-state index contributed by atoms with van der Waals surface area (Å²) < 4.78 is 2.23. The number of aliphatic hydroxyl groups is 1. The molecule has 5 heteroatoms. The first-order valence-corrected chi connectivity index (χ1v) is 11.0. The molecule has 1 N–H and O–H groups in total. The highest BCUT2D eigenvalue weighted by molar-refractivity contribution is 5.82. The van der Waals surface area contributed by atoms with Crippen LogP contribution in [0.2, 0.25) is 0 Å². The maximum atomic E-state index is 12.9. The molecule has 1 aromatic heterocycles. The molecule has 0 radical (unpaired) electrons. The van der Waals surface area contributed by atoms with Crippen LogP contribution in [0.25, 0.3) is 11.3 Å². The van der Waals surface area contributed by atoms with Crippen molar-refractivity contribution in [3.63, 3.8) is 0 Å². The molecule has 1 amide bonds. The van der Waals surface area contributed by atoms with Crippen LogP contribution in [-0.2, 0) is 4.79 Å². The first-order chi connectivity index (χ1) is 14.0. The minimum atomic E-state index is -0.362. The third kappa shape index (κ3) is 2.77. The van der Waals surface area contributed by atoms with E-state index >= 15 is 0 Å². The first kappa shape index (κ1) is 18.9. The third-order valence-electron chi connectivity index (χ3n) is 8.14. The predicted octanol–water partition coefficient (Wildman–Crippen LogP) is 4.02. The summed E-state index contributed by atoms with van der Waals surface area (Å²) in [5.74, 6) is 0.287. The van der Waals surface area contributed by atoms with Gasteiger partial charge in [0.2, 0.25) is 5.91 Å². The molecule has 1 aromatic carbocycles. The summed E-state index contributed by atoms with van der Waals surface area (Å²) in [5.41, 5.74) is 3.43. The van der Waals surface area contributed by atoms with E-state index in [0.29, 0.717) is 0 Å². The van der Waals surface area contributed by atoms with Gasteiger partial charge in [-0.2, -0.15) is 0 Å². The molecule has 154 valence electrons. The largest absolute Gasteiger partial charge is 0.392 e. The van der Waals surface area contributed by atoms with Gasteiger partial charge in [0, 0.05) is 25.1 Å². The van der Waals surface area contributed by atoms with E-state index in [4.69, 9.17) is 0 Å². The molecule has 0 saturated heterocycles. The van der Waals surface area contributed by atoms with Gasteiger partial charge in [-0.1, -0.05) is 30.7 Å². The van der Waals surface area contributed by atoms with Crippen molar-refractivity contribution in [3.8, 4) is 11.3 Å². The van der Waals surface area contributed by atoms with Gasteiger partial charge < -0.3 is 14.6 Å². The zero-order chi connectivity index (χ0) is 20.2. The van der Waals surface area contributed by atoms with E-state index in [1.54, 1.807) is 4.90 Å². The number of aromatic nitrogens is 2. The molecule has 2 heterocycles. The minimum Gasteiger partial charge on any atom is -0.392 e. The Labute approximate surface area is 172 Å². The molecule has 3 aliphatic carbocycles. The molecule has 2 bridgehead atoms. The van der Waals surface area contributed by atoms with Crippen LogP contribution in [-0.4, -0.2) is 45.7 Å². The number of amides is 1. The molecular formula is C24H31N3O2. The molecular weight excluding hydrogens is 362 g/mol. The van der Waals surface area contributed by atoms with Gasteiger partial charge >= 0.3 is 0 Å². The highest BCUT2D eigenvalue weighted by Crippen LogP contribution is 2.57. The van der Waals surface area contributed by atoms with Crippen LogP contribution in [0.3, 0.4) is 0 Å². The van der Waals surface area contributed by atoms with Crippen LogP contribution in [0.1, 0.15) is 63.0 Å². The fourth-order valence-corrected chi connectivity index (χ4v) is 6.43. The monoisotopic (exact) mass is 393 g/mol. The molecule has 2 aromatic rings. The summed E-state index contributed by atoms with van der Waals surface area (Å²) in [4.78, 5) is 19.0. The average Bonchev–Trinajstić information content (AvgIpc) is 3.18. The zero-order valence-corrected chi connectivity index (χ0v) is 17.5. The van der Waals surface area contributed by atoms with E-state index in [1.807, 2.05) is 26.6 Å². The fraction of sp³-hybridized carbons (Fsp3) is 0.583. The summed E-state index contributed by atoms with van der Waals surface area (Å²) in [6.07, 6.45) is 11.0. The number of benzene rings is 1. The van der Waals surface area contributed by atoms with Gasteiger partial charge in [-0.25, -0.2) is 4.98 Å². The van der Waals surface area contributed by atoms with E-state index in [9.17, 15) is 9.90 Å². The van der Waals surface area contributed by atoms with Gasteiger partial charge in [0.1, 0.15) is 0 Å². The first-order valence-electron chi connectivity index (χ1n) is 11.0. The van der Waals surface area contributed by atoms with Gasteiger partial charge in [-0.15, -0.1) is 0 Å². The van der Waals surface area contributed by atoms with E-state index < -0.39 is 0 Å². The Balaban J connectivity index is 1.39. The lowest BCUT2D eigenvalue weighted by molar-refractivity contribution is -0.144. The van der Waals surface area contributed by atoms with E-state index in [0.717, 1.165) is 57.1 Å². The van der Waals surface area contributed by atoms with Crippen LogP contribution < -0.4 is 0 Å². The number of aliphatic hydroxyl groups excluding tert-OH is 1. The Hall–Kier alpha value is -2.14. The molecule has 6 rings (SSSR count). The second-order valence-corrected chi connectivity index (χ2v) is 9.74. The minimum absolute atomic E-state index is 0.0507. The maximum absolute atomic E-state index is 12.9. The van der Waals surface area contributed by atoms with Crippen molar-refractivity contribution in [1.82, 2.24) is 14.5 Å². The number of imidazole rings is 1. The lowest BCUT2D eigenvalue weighted by Crippen LogP contribution is -2.46. The fourth-order valence-electron chi connectivity index (χ4n) is 6.43. The highest BCUT2D eigenvalue weighted by Gasteiger charge is 2.52. The van der Waals surface area contributed by atoms with E-state index in [-0.39, 0.29) is 28.9 Å². The van der Waals surface area contributed by atoms with Crippen molar-refractivity contribution in [1.29, 1.82) is 0 Å². The van der Waals surface area contributed by atoms with Gasteiger partial charge in [-0.3, -0.25) is 4.79 Å². The average molecular weight is 394 g/mol. The molecule has 3 saturated carbocycles. The maximum Gasteiger partial charge on any atom is 0.228 e. The lowest BCUT2D eigenvalue weighted by atomic mass is 9.62. The van der Waals surface area contributed by atoms with Gasteiger partial charge in [0.05, 0.1) is 30.4 Å². The standard InChI is InChI=1S/C24H31N3O2/c1-26(2)22(29)24-9-5-8-23(10-12-24,11-13-24)21(28)14-19-17-6-3-4-7-18(17)20-15-25-16-27(19)20/h3-4,6-7,15-16,19,21,28H,5,8-14H2,1-2H3. The van der Waals surface area contributed by atoms with Crippen molar-refractivity contribution in [2.24, 2.45) is 10.8 Å². The normalized spacial score (nSPS) is 31.1. The predicted molar refractivity (Wildman–Crippen MR) is 112 cm³/mol. The lowest BCUT2D eigenvalue weighted by Gasteiger charge is -2.45. The van der Waals surface area contributed by atoms with Gasteiger partial charge in [0.25, 0.3) is 0 Å². The number of rotatable bonds is 4. The molecule has 5 nitrogen and oxygen atoms in total. The molecule has 0 spiro atoms. The Bertz CT molecular complexity index is 924. The Morgan fingerprint density at radius 1 is 1.21 bits per heavy atom. The zero-order valence-electron chi connectivity index (χ0n) is 17.5. The second kappa shape index (κ2) is 6.69. The third-order valence-corrected chi connectivity index (χ3v) is 8.14.